The normalized spacial score (nSPS) is 20.6. The molecule has 1 aliphatic heterocycles. The van der Waals surface area contributed by atoms with Crippen LogP contribution >= 0.6 is 0 Å². The zero-order valence-corrected chi connectivity index (χ0v) is 10.8. The van der Waals surface area contributed by atoms with Crippen LogP contribution in [0.3, 0.4) is 0 Å². The topological polar surface area (TPSA) is 61.5 Å². The number of β-amino-alcohol motifs (C(OH)–C–C–N with tert-alkyl or cyclic N) is 1. The quantitative estimate of drug-likeness (QED) is 0.677. The standard InChI is InChI=1S/C14H23N3O/c15-13(10-12-4-2-1-3-5-12)14(18)11-17-8-6-16-7-9-17/h1-5,13-14,16,18H,6-11,15H2. The lowest BCUT2D eigenvalue weighted by molar-refractivity contribution is 0.0851. The van der Waals surface area contributed by atoms with Crippen LogP contribution in [0, 0.1) is 0 Å². The van der Waals surface area contributed by atoms with Gasteiger partial charge in [0.2, 0.25) is 0 Å². The van der Waals surface area contributed by atoms with Crippen molar-refractivity contribution in [2.75, 3.05) is 32.7 Å². The predicted molar refractivity (Wildman–Crippen MR) is 73.4 cm³/mol. The minimum atomic E-state index is -0.455. The largest absolute Gasteiger partial charge is 0.390 e. The van der Waals surface area contributed by atoms with Gasteiger partial charge in [0.1, 0.15) is 0 Å². The molecule has 18 heavy (non-hydrogen) atoms. The molecule has 0 aromatic heterocycles. The Kier molecular flexibility index (Phi) is 5.13. The van der Waals surface area contributed by atoms with Gasteiger partial charge in [-0.1, -0.05) is 30.3 Å². The number of rotatable bonds is 5. The zero-order valence-electron chi connectivity index (χ0n) is 10.8. The van der Waals surface area contributed by atoms with E-state index in [-0.39, 0.29) is 6.04 Å². The van der Waals surface area contributed by atoms with Crippen LogP contribution in [0.4, 0.5) is 0 Å². The Balaban J connectivity index is 1.79. The number of benzene rings is 1. The Morgan fingerprint density at radius 2 is 1.89 bits per heavy atom. The van der Waals surface area contributed by atoms with Crippen molar-refractivity contribution in [1.82, 2.24) is 10.2 Å². The summed E-state index contributed by atoms with van der Waals surface area (Å²) in [5.74, 6) is 0. The number of piperazine rings is 1. The molecule has 0 radical (unpaired) electrons. The van der Waals surface area contributed by atoms with Crippen LogP contribution < -0.4 is 11.1 Å². The molecule has 1 aromatic rings. The van der Waals surface area contributed by atoms with E-state index in [2.05, 4.69) is 22.3 Å². The first-order chi connectivity index (χ1) is 8.75. The second-order valence-corrected chi connectivity index (χ2v) is 4.97. The molecule has 1 heterocycles. The highest BCUT2D eigenvalue weighted by Gasteiger charge is 2.19. The van der Waals surface area contributed by atoms with Crippen LogP contribution in [0.25, 0.3) is 0 Å². The maximum atomic E-state index is 10.1. The summed E-state index contributed by atoms with van der Waals surface area (Å²) in [5.41, 5.74) is 7.26. The van der Waals surface area contributed by atoms with Gasteiger partial charge in [-0.15, -0.1) is 0 Å². The van der Waals surface area contributed by atoms with Gasteiger partial charge in [-0.25, -0.2) is 0 Å². The fourth-order valence-electron chi connectivity index (χ4n) is 2.32. The van der Waals surface area contributed by atoms with Crippen LogP contribution in [-0.2, 0) is 6.42 Å². The number of nitrogens with two attached hydrogens (primary N) is 1. The molecule has 0 aliphatic carbocycles. The lowest BCUT2D eigenvalue weighted by Gasteiger charge is -2.31. The number of nitrogens with zero attached hydrogens (tertiary/aromatic N) is 1. The van der Waals surface area contributed by atoms with E-state index >= 15 is 0 Å². The van der Waals surface area contributed by atoms with E-state index in [1.54, 1.807) is 0 Å². The number of hydrogen-bond donors (Lipinski definition) is 3. The molecule has 2 rings (SSSR count). The van der Waals surface area contributed by atoms with E-state index in [9.17, 15) is 5.11 Å². The van der Waals surface area contributed by atoms with Gasteiger partial charge < -0.3 is 16.2 Å². The van der Waals surface area contributed by atoms with Crippen molar-refractivity contribution < 1.29 is 5.11 Å². The summed E-state index contributed by atoms with van der Waals surface area (Å²) in [4.78, 5) is 2.27. The smallest absolute Gasteiger partial charge is 0.0820 e. The minimum absolute atomic E-state index is 0.192. The summed E-state index contributed by atoms with van der Waals surface area (Å²) < 4.78 is 0. The van der Waals surface area contributed by atoms with E-state index in [0.29, 0.717) is 6.54 Å². The van der Waals surface area contributed by atoms with Crippen LogP contribution in [0.15, 0.2) is 30.3 Å². The molecule has 1 saturated heterocycles. The zero-order chi connectivity index (χ0) is 12.8. The second-order valence-electron chi connectivity index (χ2n) is 4.97. The maximum absolute atomic E-state index is 10.1. The van der Waals surface area contributed by atoms with Crippen molar-refractivity contribution in [3.05, 3.63) is 35.9 Å². The molecule has 2 unspecified atom stereocenters. The maximum Gasteiger partial charge on any atom is 0.0820 e. The molecule has 0 amide bonds. The van der Waals surface area contributed by atoms with Crippen molar-refractivity contribution in [3.8, 4) is 0 Å². The third-order valence-corrected chi connectivity index (χ3v) is 3.46. The van der Waals surface area contributed by atoms with Crippen LogP contribution in [0.5, 0.6) is 0 Å². The Hall–Kier alpha value is -0.940. The SMILES string of the molecule is NC(Cc1ccccc1)C(O)CN1CCNCC1. The van der Waals surface area contributed by atoms with Gasteiger partial charge in [0.25, 0.3) is 0 Å². The molecule has 0 saturated carbocycles. The Morgan fingerprint density at radius 1 is 1.22 bits per heavy atom. The van der Waals surface area contributed by atoms with Crippen LogP contribution in [0.2, 0.25) is 0 Å². The van der Waals surface area contributed by atoms with Gasteiger partial charge in [0, 0.05) is 38.8 Å². The summed E-state index contributed by atoms with van der Waals surface area (Å²) in [6.07, 6.45) is 0.275. The molecule has 0 bridgehead atoms. The van der Waals surface area contributed by atoms with Gasteiger partial charge in [-0.3, -0.25) is 4.90 Å². The third-order valence-electron chi connectivity index (χ3n) is 3.46. The van der Waals surface area contributed by atoms with Gasteiger partial charge in [-0.05, 0) is 12.0 Å². The van der Waals surface area contributed by atoms with E-state index in [0.717, 1.165) is 32.6 Å². The molecule has 4 N–H and O–H groups in total. The van der Waals surface area contributed by atoms with Crippen LogP contribution in [-0.4, -0.2) is 54.9 Å². The van der Waals surface area contributed by atoms with Gasteiger partial charge in [0.15, 0.2) is 0 Å². The fourth-order valence-corrected chi connectivity index (χ4v) is 2.32. The third kappa shape index (κ3) is 4.07. The van der Waals surface area contributed by atoms with Crippen LogP contribution in [0.1, 0.15) is 5.56 Å². The molecule has 100 valence electrons. The molecule has 1 aliphatic rings. The first-order valence-electron chi connectivity index (χ1n) is 6.66. The molecule has 1 fully saturated rings. The minimum Gasteiger partial charge on any atom is -0.390 e. The summed E-state index contributed by atoms with van der Waals surface area (Å²) >= 11 is 0. The van der Waals surface area contributed by atoms with E-state index in [4.69, 9.17) is 5.73 Å². The van der Waals surface area contributed by atoms with E-state index in [1.807, 2.05) is 18.2 Å². The average Bonchev–Trinajstić information content (AvgIpc) is 2.41. The van der Waals surface area contributed by atoms with Crippen molar-refractivity contribution in [3.63, 3.8) is 0 Å². The Labute approximate surface area is 109 Å². The summed E-state index contributed by atoms with van der Waals surface area (Å²) in [5, 5.41) is 13.4. The number of aliphatic hydroxyl groups excluding tert-OH is 1. The van der Waals surface area contributed by atoms with Crippen molar-refractivity contribution >= 4 is 0 Å². The van der Waals surface area contributed by atoms with Gasteiger partial charge in [0.05, 0.1) is 6.10 Å². The molecule has 2 atom stereocenters. The number of nitrogens with one attached hydrogen (secondary N) is 1. The fraction of sp³-hybridized carbons (Fsp3) is 0.571. The highest BCUT2D eigenvalue weighted by atomic mass is 16.3. The van der Waals surface area contributed by atoms with E-state index < -0.39 is 6.10 Å². The molecule has 4 nitrogen and oxygen atoms in total. The first kappa shape index (κ1) is 13.5. The Morgan fingerprint density at radius 3 is 2.56 bits per heavy atom. The molecular formula is C14H23N3O. The molecule has 4 heteroatoms. The monoisotopic (exact) mass is 249 g/mol. The van der Waals surface area contributed by atoms with E-state index in [1.165, 1.54) is 5.56 Å². The van der Waals surface area contributed by atoms with Gasteiger partial charge >= 0.3 is 0 Å². The van der Waals surface area contributed by atoms with Crippen molar-refractivity contribution in [1.29, 1.82) is 0 Å². The number of aliphatic hydroxyl groups is 1. The Bertz CT molecular complexity index is 338. The number of hydrogen-bond acceptors (Lipinski definition) is 4. The predicted octanol–water partition coefficient (Wildman–Crippen LogP) is -0.177. The average molecular weight is 249 g/mol. The van der Waals surface area contributed by atoms with Crippen molar-refractivity contribution in [2.24, 2.45) is 5.73 Å². The highest BCUT2D eigenvalue weighted by molar-refractivity contribution is 5.16. The molecule has 0 spiro atoms. The van der Waals surface area contributed by atoms with Gasteiger partial charge in [-0.2, -0.15) is 0 Å². The molecule has 1 aromatic carbocycles. The lowest BCUT2D eigenvalue weighted by atomic mass is 10.0. The molecular weight excluding hydrogens is 226 g/mol. The summed E-state index contributed by atoms with van der Waals surface area (Å²) in [6.45, 7) is 4.67. The highest BCUT2D eigenvalue weighted by Crippen LogP contribution is 2.06. The summed E-state index contributed by atoms with van der Waals surface area (Å²) in [7, 11) is 0. The van der Waals surface area contributed by atoms with Crippen molar-refractivity contribution in [2.45, 2.75) is 18.6 Å². The first-order valence-corrected chi connectivity index (χ1v) is 6.66. The summed E-state index contributed by atoms with van der Waals surface area (Å²) in [6, 6.07) is 9.92. The lowest BCUT2D eigenvalue weighted by Crippen LogP contribution is -2.50. The second kappa shape index (κ2) is 6.85.